The molecule has 1 amide bonds. The number of benzene rings is 1. The second-order valence-electron chi connectivity index (χ2n) is 6.87. The van der Waals surface area contributed by atoms with E-state index < -0.39 is 11.8 Å². The van der Waals surface area contributed by atoms with Crippen molar-refractivity contribution in [2.45, 2.75) is 57.3 Å². The van der Waals surface area contributed by atoms with Crippen molar-refractivity contribution in [3.63, 3.8) is 0 Å². The largest absolute Gasteiger partial charge is 0.445 e. The van der Waals surface area contributed by atoms with Crippen molar-refractivity contribution in [3.8, 4) is 0 Å². The molecule has 1 aromatic carbocycles. The molecule has 1 heterocycles. The molecule has 1 aliphatic heterocycles. The number of cyclic esters (lactones) is 1. The average molecular weight is 329 g/mol. The van der Waals surface area contributed by atoms with Crippen LogP contribution in [0.15, 0.2) is 42.2 Å². The van der Waals surface area contributed by atoms with Crippen LogP contribution in [0.4, 0.5) is 0 Å². The lowest BCUT2D eigenvalue weighted by Gasteiger charge is -2.29. The minimum atomic E-state index is -1.00. The number of nitrogens with one attached hydrogen (secondary N) is 1. The van der Waals surface area contributed by atoms with Gasteiger partial charge in [0.2, 0.25) is 17.5 Å². The van der Waals surface area contributed by atoms with Gasteiger partial charge in [-0.2, -0.15) is 0 Å². The van der Waals surface area contributed by atoms with Gasteiger partial charge in [0, 0.05) is 19.9 Å². The van der Waals surface area contributed by atoms with Crippen LogP contribution < -0.4 is 5.32 Å². The predicted molar refractivity (Wildman–Crippen MR) is 88.9 cm³/mol. The Morgan fingerprint density at radius 3 is 2.38 bits per heavy atom. The fourth-order valence-corrected chi connectivity index (χ4v) is 3.35. The minimum absolute atomic E-state index is 0.0320. The van der Waals surface area contributed by atoms with Crippen LogP contribution in [-0.2, 0) is 19.1 Å². The van der Waals surface area contributed by atoms with Crippen molar-refractivity contribution >= 4 is 11.9 Å². The first-order valence-electron chi connectivity index (χ1n) is 8.42. The Balaban J connectivity index is 1.51. The Morgan fingerprint density at radius 2 is 1.79 bits per heavy atom. The number of carbonyl (C=O) groups excluding carboxylic acids is 2. The Morgan fingerprint density at radius 1 is 1.12 bits per heavy atom. The third kappa shape index (κ3) is 3.96. The van der Waals surface area contributed by atoms with Crippen molar-refractivity contribution in [3.05, 3.63) is 47.7 Å². The second-order valence-corrected chi connectivity index (χ2v) is 6.87. The SMILES string of the molecule is CC1(C)OC(=O)/C(=C/C(=O)N[C@H]2CC[C@@H](c3ccccc3)CC2)O1. The highest BCUT2D eigenvalue weighted by Gasteiger charge is 2.38. The van der Waals surface area contributed by atoms with E-state index in [0.29, 0.717) is 5.92 Å². The number of hydrogen-bond acceptors (Lipinski definition) is 4. The zero-order chi connectivity index (χ0) is 17.2. The molecule has 5 heteroatoms. The summed E-state index contributed by atoms with van der Waals surface area (Å²) in [6.45, 7) is 3.27. The van der Waals surface area contributed by atoms with Gasteiger partial charge in [-0.15, -0.1) is 0 Å². The van der Waals surface area contributed by atoms with Crippen molar-refractivity contribution in [1.29, 1.82) is 0 Å². The van der Waals surface area contributed by atoms with Gasteiger partial charge < -0.3 is 14.8 Å². The summed E-state index contributed by atoms with van der Waals surface area (Å²) in [6, 6.07) is 10.6. The van der Waals surface area contributed by atoms with E-state index in [1.165, 1.54) is 11.6 Å². The monoisotopic (exact) mass is 329 g/mol. The molecular weight excluding hydrogens is 306 g/mol. The molecule has 3 rings (SSSR count). The number of hydrogen-bond donors (Lipinski definition) is 1. The number of rotatable bonds is 3. The lowest BCUT2D eigenvalue weighted by molar-refractivity contribution is -0.159. The summed E-state index contributed by atoms with van der Waals surface area (Å²) in [6.07, 6.45) is 5.17. The Bertz CT molecular complexity index is 643. The zero-order valence-electron chi connectivity index (χ0n) is 14.1. The summed E-state index contributed by atoms with van der Waals surface area (Å²) in [5, 5.41) is 2.96. The molecule has 1 saturated carbocycles. The molecule has 0 bridgehead atoms. The van der Waals surface area contributed by atoms with Crippen molar-refractivity contribution < 1.29 is 19.1 Å². The Labute approximate surface area is 142 Å². The number of carbonyl (C=O) groups is 2. The minimum Gasteiger partial charge on any atom is -0.445 e. The molecule has 0 unspecified atom stereocenters. The fourth-order valence-electron chi connectivity index (χ4n) is 3.35. The van der Waals surface area contributed by atoms with E-state index in [2.05, 4.69) is 29.6 Å². The first-order chi connectivity index (χ1) is 11.4. The van der Waals surface area contributed by atoms with Crippen LogP contribution in [0.25, 0.3) is 0 Å². The third-order valence-corrected chi connectivity index (χ3v) is 4.50. The zero-order valence-corrected chi connectivity index (χ0v) is 14.1. The Kier molecular flexibility index (Phi) is 4.60. The molecule has 1 N–H and O–H groups in total. The van der Waals surface area contributed by atoms with E-state index >= 15 is 0 Å². The van der Waals surface area contributed by atoms with Gasteiger partial charge in [0.1, 0.15) is 0 Å². The fraction of sp³-hybridized carbons (Fsp3) is 0.474. The molecule has 128 valence electrons. The smallest absolute Gasteiger partial charge is 0.377 e. The van der Waals surface area contributed by atoms with Gasteiger partial charge in [0.15, 0.2) is 0 Å². The molecule has 1 aliphatic carbocycles. The molecule has 5 nitrogen and oxygen atoms in total. The van der Waals surface area contributed by atoms with E-state index in [1.54, 1.807) is 13.8 Å². The van der Waals surface area contributed by atoms with E-state index in [-0.39, 0.29) is 17.7 Å². The summed E-state index contributed by atoms with van der Waals surface area (Å²) in [5.74, 6) is -1.37. The van der Waals surface area contributed by atoms with Crippen LogP contribution in [0.5, 0.6) is 0 Å². The van der Waals surface area contributed by atoms with Crippen LogP contribution in [0.1, 0.15) is 51.0 Å². The standard InChI is InChI=1S/C19H23NO4/c1-19(2)23-16(18(22)24-19)12-17(21)20-15-10-8-14(9-11-15)13-6-4-3-5-7-13/h3-7,12,14-15H,8-11H2,1-2H3,(H,20,21)/b16-12-/t14-,15+. The van der Waals surface area contributed by atoms with E-state index in [1.807, 2.05) is 6.07 Å². The summed E-state index contributed by atoms with van der Waals surface area (Å²) in [7, 11) is 0. The van der Waals surface area contributed by atoms with E-state index in [0.717, 1.165) is 25.7 Å². The maximum absolute atomic E-state index is 12.1. The topological polar surface area (TPSA) is 64.6 Å². The summed E-state index contributed by atoms with van der Waals surface area (Å²) < 4.78 is 10.3. The highest BCUT2D eigenvalue weighted by molar-refractivity contribution is 5.98. The third-order valence-electron chi connectivity index (χ3n) is 4.50. The van der Waals surface area contributed by atoms with Gasteiger partial charge in [-0.3, -0.25) is 4.79 Å². The molecule has 0 spiro atoms. The van der Waals surface area contributed by atoms with Crippen LogP contribution in [-0.4, -0.2) is 23.7 Å². The molecule has 0 radical (unpaired) electrons. The quantitative estimate of drug-likeness (QED) is 0.684. The van der Waals surface area contributed by atoms with Crippen LogP contribution >= 0.6 is 0 Å². The summed E-state index contributed by atoms with van der Waals surface area (Å²) >= 11 is 0. The predicted octanol–water partition coefficient (Wildman–Crippen LogP) is 3.02. The summed E-state index contributed by atoms with van der Waals surface area (Å²) in [5.41, 5.74) is 1.37. The average Bonchev–Trinajstić information content (AvgIpc) is 2.80. The molecule has 2 aliphatic rings. The number of amides is 1. The maximum atomic E-state index is 12.1. The van der Waals surface area contributed by atoms with Gasteiger partial charge in [0.05, 0.1) is 6.08 Å². The van der Waals surface area contributed by atoms with Crippen LogP contribution in [0, 0.1) is 0 Å². The van der Waals surface area contributed by atoms with Crippen LogP contribution in [0.2, 0.25) is 0 Å². The molecule has 24 heavy (non-hydrogen) atoms. The van der Waals surface area contributed by atoms with Crippen LogP contribution in [0.3, 0.4) is 0 Å². The van der Waals surface area contributed by atoms with Gasteiger partial charge in [0.25, 0.3) is 0 Å². The lowest BCUT2D eigenvalue weighted by atomic mass is 9.82. The molecular formula is C19H23NO4. The lowest BCUT2D eigenvalue weighted by Crippen LogP contribution is -2.36. The molecule has 0 atom stereocenters. The highest BCUT2D eigenvalue weighted by atomic mass is 16.8. The normalized spacial score (nSPS) is 27.4. The maximum Gasteiger partial charge on any atom is 0.377 e. The van der Waals surface area contributed by atoms with Crippen molar-refractivity contribution in [2.75, 3.05) is 0 Å². The van der Waals surface area contributed by atoms with Gasteiger partial charge >= 0.3 is 5.97 Å². The highest BCUT2D eigenvalue weighted by Crippen LogP contribution is 2.32. The van der Waals surface area contributed by atoms with Gasteiger partial charge in [-0.25, -0.2) is 4.79 Å². The molecule has 0 aromatic heterocycles. The van der Waals surface area contributed by atoms with E-state index in [9.17, 15) is 9.59 Å². The van der Waals surface area contributed by atoms with Gasteiger partial charge in [-0.1, -0.05) is 30.3 Å². The van der Waals surface area contributed by atoms with Gasteiger partial charge in [-0.05, 0) is 37.2 Å². The first-order valence-corrected chi connectivity index (χ1v) is 8.42. The second kappa shape index (κ2) is 6.67. The first kappa shape index (κ1) is 16.6. The molecule has 1 saturated heterocycles. The summed E-state index contributed by atoms with van der Waals surface area (Å²) in [4.78, 5) is 23.7. The number of esters is 1. The van der Waals surface area contributed by atoms with Crippen molar-refractivity contribution in [2.24, 2.45) is 0 Å². The molecule has 2 fully saturated rings. The Hall–Kier alpha value is -2.30. The number of ether oxygens (including phenoxy) is 2. The van der Waals surface area contributed by atoms with E-state index in [4.69, 9.17) is 9.47 Å². The molecule has 1 aromatic rings. The van der Waals surface area contributed by atoms with Crippen molar-refractivity contribution in [1.82, 2.24) is 5.32 Å².